The zero-order valence-electron chi connectivity index (χ0n) is 8.57. The second-order valence-corrected chi connectivity index (χ2v) is 3.63. The van der Waals surface area contributed by atoms with Gasteiger partial charge in [0.05, 0.1) is 11.7 Å². The molecule has 0 amide bonds. The number of benzene rings is 1. The molecule has 1 atom stereocenters. The molecule has 2 rings (SSSR count). The Balaban J connectivity index is 2.63. The van der Waals surface area contributed by atoms with Crippen LogP contribution in [-0.2, 0) is 0 Å². The number of anilines is 1. The van der Waals surface area contributed by atoms with Gasteiger partial charge in [0.1, 0.15) is 0 Å². The molecule has 1 unspecified atom stereocenters. The zero-order valence-corrected chi connectivity index (χ0v) is 8.57. The predicted molar refractivity (Wildman–Crippen MR) is 59.1 cm³/mol. The molecule has 0 saturated heterocycles. The summed E-state index contributed by atoms with van der Waals surface area (Å²) in [5.41, 5.74) is 7.79. The number of aromatic nitrogens is 2. The number of nitrogens with zero attached hydrogens (tertiary/aromatic N) is 2. The van der Waals surface area contributed by atoms with Crippen LogP contribution in [0, 0.1) is 0 Å². The van der Waals surface area contributed by atoms with Gasteiger partial charge in [-0.2, -0.15) is 5.10 Å². The third-order valence-corrected chi connectivity index (χ3v) is 2.68. The quantitative estimate of drug-likeness (QED) is 0.738. The van der Waals surface area contributed by atoms with Gasteiger partial charge in [0, 0.05) is 17.1 Å². The molecule has 0 aliphatic heterocycles. The van der Waals surface area contributed by atoms with E-state index in [9.17, 15) is 0 Å². The molecule has 0 radical (unpaired) electrons. The standard InChI is InChI=1S/C11H15N3/c1-3-8(2)14-11-6-4-5-10(12)9(11)7-13-14/h4-8H,3,12H2,1-2H3. The van der Waals surface area contributed by atoms with Gasteiger partial charge in [0.25, 0.3) is 0 Å². The van der Waals surface area contributed by atoms with E-state index < -0.39 is 0 Å². The van der Waals surface area contributed by atoms with E-state index in [2.05, 4.69) is 25.0 Å². The monoisotopic (exact) mass is 189 g/mol. The van der Waals surface area contributed by atoms with Crippen molar-refractivity contribution in [1.82, 2.24) is 9.78 Å². The third-order valence-electron chi connectivity index (χ3n) is 2.68. The molecule has 74 valence electrons. The van der Waals surface area contributed by atoms with E-state index in [-0.39, 0.29) is 0 Å². The summed E-state index contributed by atoms with van der Waals surface area (Å²) in [4.78, 5) is 0. The highest BCUT2D eigenvalue weighted by Crippen LogP contribution is 2.23. The number of fused-ring (bicyclic) bond motifs is 1. The highest BCUT2D eigenvalue weighted by Gasteiger charge is 2.08. The van der Waals surface area contributed by atoms with Crippen molar-refractivity contribution in [3.05, 3.63) is 24.4 Å². The van der Waals surface area contributed by atoms with Gasteiger partial charge in [-0.1, -0.05) is 13.0 Å². The van der Waals surface area contributed by atoms with E-state index in [0.29, 0.717) is 6.04 Å². The van der Waals surface area contributed by atoms with Crippen LogP contribution in [0.5, 0.6) is 0 Å². The Kier molecular flexibility index (Phi) is 2.15. The second kappa shape index (κ2) is 3.33. The van der Waals surface area contributed by atoms with Gasteiger partial charge in [0.2, 0.25) is 0 Å². The lowest BCUT2D eigenvalue weighted by molar-refractivity contribution is 0.493. The van der Waals surface area contributed by atoms with E-state index in [1.165, 1.54) is 0 Å². The number of nitrogen functional groups attached to an aromatic ring is 1. The number of hydrogen-bond donors (Lipinski definition) is 1. The highest BCUT2D eigenvalue weighted by molar-refractivity contribution is 5.90. The van der Waals surface area contributed by atoms with Gasteiger partial charge in [-0.15, -0.1) is 0 Å². The normalized spacial score (nSPS) is 13.3. The van der Waals surface area contributed by atoms with Crippen LogP contribution >= 0.6 is 0 Å². The smallest absolute Gasteiger partial charge is 0.0706 e. The average molecular weight is 189 g/mol. The zero-order chi connectivity index (χ0) is 10.1. The summed E-state index contributed by atoms with van der Waals surface area (Å²) < 4.78 is 2.03. The maximum atomic E-state index is 5.86. The molecule has 0 spiro atoms. The second-order valence-electron chi connectivity index (χ2n) is 3.63. The maximum Gasteiger partial charge on any atom is 0.0706 e. The molecule has 2 N–H and O–H groups in total. The fourth-order valence-corrected chi connectivity index (χ4v) is 1.62. The van der Waals surface area contributed by atoms with Crippen molar-refractivity contribution in [3.63, 3.8) is 0 Å². The minimum atomic E-state index is 0.425. The minimum Gasteiger partial charge on any atom is -0.398 e. The summed E-state index contributed by atoms with van der Waals surface area (Å²) in [5, 5.41) is 5.41. The van der Waals surface area contributed by atoms with Gasteiger partial charge in [0.15, 0.2) is 0 Å². The van der Waals surface area contributed by atoms with E-state index >= 15 is 0 Å². The molecule has 1 heterocycles. The number of nitrogens with two attached hydrogens (primary N) is 1. The molecule has 0 aliphatic rings. The lowest BCUT2D eigenvalue weighted by atomic mass is 10.2. The van der Waals surface area contributed by atoms with Crippen LogP contribution in [0.1, 0.15) is 26.3 Å². The lowest BCUT2D eigenvalue weighted by Crippen LogP contribution is -2.04. The first kappa shape index (κ1) is 9.06. The minimum absolute atomic E-state index is 0.425. The molecule has 0 bridgehead atoms. The Hall–Kier alpha value is -1.51. The molecule has 0 fully saturated rings. The molecule has 0 aliphatic carbocycles. The SMILES string of the molecule is CCC(C)n1ncc2c(N)cccc21. The van der Waals surface area contributed by atoms with Crippen LogP contribution in [0.3, 0.4) is 0 Å². The summed E-state index contributed by atoms with van der Waals surface area (Å²) in [6.45, 7) is 4.32. The van der Waals surface area contributed by atoms with Gasteiger partial charge >= 0.3 is 0 Å². The van der Waals surface area contributed by atoms with Crippen LogP contribution in [0.15, 0.2) is 24.4 Å². The molecule has 14 heavy (non-hydrogen) atoms. The Morgan fingerprint density at radius 2 is 2.29 bits per heavy atom. The lowest BCUT2D eigenvalue weighted by Gasteiger charge is -2.10. The fraction of sp³-hybridized carbons (Fsp3) is 0.364. The molecule has 3 nitrogen and oxygen atoms in total. The van der Waals surface area contributed by atoms with Crippen molar-refractivity contribution in [1.29, 1.82) is 0 Å². The Labute approximate surface area is 83.5 Å². The van der Waals surface area contributed by atoms with Crippen LogP contribution in [-0.4, -0.2) is 9.78 Å². The fourth-order valence-electron chi connectivity index (χ4n) is 1.62. The Bertz CT molecular complexity index is 445. The summed E-state index contributed by atoms with van der Waals surface area (Å²) >= 11 is 0. The Morgan fingerprint density at radius 3 is 3.00 bits per heavy atom. The van der Waals surface area contributed by atoms with Gasteiger partial charge in [-0.25, -0.2) is 0 Å². The van der Waals surface area contributed by atoms with Crippen LogP contribution in [0.4, 0.5) is 5.69 Å². The summed E-state index contributed by atoms with van der Waals surface area (Å²) in [5.74, 6) is 0. The number of hydrogen-bond acceptors (Lipinski definition) is 2. The van der Waals surface area contributed by atoms with Crippen molar-refractivity contribution < 1.29 is 0 Å². The largest absolute Gasteiger partial charge is 0.398 e. The summed E-state index contributed by atoms with van der Waals surface area (Å²) in [6.07, 6.45) is 2.92. The molecular weight excluding hydrogens is 174 g/mol. The predicted octanol–water partition coefficient (Wildman–Crippen LogP) is 2.59. The first-order valence-corrected chi connectivity index (χ1v) is 4.95. The Morgan fingerprint density at radius 1 is 1.50 bits per heavy atom. The van der Waals surface area contributed by atoms with E-state index in [1.807, 2.05) is 23.0 Å². The van der Waals surface area contributed by atoms with Crippen molar-refractivity contribution in [3.8, 4) is 0 Å². The van der Waals surface area contributed by atoms with Crippen LogP contribution in [0.2, 0.25) is 0 Å². The van der Waals surface area contributed by atoms with Crippen molar-refractivity contribution in [2.24, 2.45) is 0 Å². The highest BCUT2D eigenvalue weighted by atomic mass is 15.3. The molecular formula is C11H15N3. The number of rotatable bonds is 2. The van der Waals surface area contributed by atoms with Crippen LogP contribution < -0.4 is 5.73 Å². The molecule has 2 aromatic rings. The maximum absolute atomic E-state index is 5.86. The van der Waals surface area contributed by atoms with Gasteiger partial charge < -0.3 is 5.73 Å². The van der Waals surface area contributed by atoms with Crippen molar-refractivity contribution >= 4 is 16.6 Å². The van der Waals surface area contributed by atoms with Crippen molar-refractivity contribution in [2.45, 2.75) is 26.3 Å². The van der Waals surface area contributed by atoms with Crippen LogP contribution in [0.25, 0.3) is 10.9 Å². The topological polar surface area (TPSA) is 43.8 Å². The van der Waals surface area contributed by atoms with Gasteiger partial charge in [-0.05, 0) is 25.5 Å². The first-order chi connectivity index (χ1) is 6.74. The van der Waals surface area contributed by atoms with Crippen molar-refractivity contribution in [2.75, 3.05) is 5.73 Å². The van der Waals surface area contributed by atoms with E-state index in [0.717, 1.165) is 23.0 Å². The molecule has 1 aromatic carbocycles. The summed E-state index contributed by atoms with van der Waals surface area (Å²) in [7, 11) is 0. The van der Waals surface area contributed by atoms with E-state index in [4.69, 9.17) is 5.73 Å². The molecule has 3 heteroatoms. The molecule has 0 saturated carbocycles. The van der Waals surface area contributed by atoms with Gasteiger partial charge in [-0.3, -0.25) is 4.68 Å². The molecule has 1 aromatic heterocycles. The third kappa shape index (κ3) is 1.25. The summed E-state index contributed by atoms with van der Waals surface area (Å²) in [6, 6.07) is 6.36. The van der Waals surface area contributed by atoms with E-state index in [1.54, 1.807) is 0 Å². The first-order valence-electron chi connectivity index (χ1n) is 4.95. The average Bonchev–Trinajstić information content (AvgIpc) is 2.62.